The number of nitrogens with zero attached hydrogens (tertiary/aromatic N) is 1. The van der Waals surface area contributed by atoms with Gasteiger partial charge in [0, 0.05) is 6.20 Å². The number of aliphatic hydroxyl groups excluding tert-OH is 1. The first-order chi connectivity index (χ1) is 12.4. The fourth-order valence-corrected chi connectivity index (χ4v) is 3.43. The highest BCUT2D eigenvalue weighted by Crippen LogP contribution is 2.44. The number of aliphatic carboxylic acids is 1. The van der Waals surface area contributed by atoms with Gasteiger partial charge in [0.2, 0.25) is 0 Å². The third-order valence-corrected chi connectivity index (χ3v) is 5.05. The molecule has 27 heavy (non-hydrogen) atoms. The molecule has 10 nitrogen and oxygen atoms in total. The molecule has 0 radical (unpaired) electrons. The Bertz CT molecular complexity index is 770. The van der Waals surface area contributed by atoms with Crippen molar-refractivity contribution in [1.82, 2.24) is 0 Å². The Balaban J connectivity index is 2.62. The van der Waals surface area contributed by atoms with Gasteiger partial charge in [0.05, 0.1) is 11.3 Å². The van der Waals surface area contributed by atoms with Gasteiger partial charge in [0.1, 0.15) is 18.3 Å². The van der Waals surface area contributed by atoms with Gasteiger partial charge in [-0.3, -0.25) is 19.4 Å². The first kappa shape index (κ1) is 21.0. The standard InChI is InChI=1S/C17H21NO9/c1-7(19)12(22)14-17(26,9(3)21)16(25,8(2)20)13(27-14)11-5-4-10(6-18-11)15(23)24/h6,12-14,22,25-26H,4-5H2,1-3H3,(H,23,24)/t12?,13-,14+,16-,17+/m0/s1. The van der Waals surface area contributed by atoms with Gasteiger partial charge in [0.25, 0.3) is 0 Å². The number of Topliss-reactive ketones (excluding diaryl/α,β-unsaturated/α-hetero) is 3. The molecule has 2 rings (SSSR count). The first-order valence-corrected chi connectivity index (χ1v) is 8.18. The summed E-state index contributed by atoms with van der Waals surface area (Å²) < 4.78 is 5.45. The SMILES string of the molecule is CC(=O)C(O)[C@H]1O[C@@H](C2=NC=C(C(=O)O)CC2)[C@@](O)(C(C)=O)[C@@]1(O)C(C)=O. The summed E-state index contributed by atoms with van der Waals surface area (Å²) in [7, 11) is 0. The average molecular weight is 383 g/mol. The minimum Gasteiger partial charge on any atom is -0.478 e. The van der Waals surface area contributed by atoms with Crippen LogP contribution in [0, 0.1) is 0 Å². The smallest absolute Gasteiger partial charge is 0.333 e. The van der Waals surface area contributed by atoms with E-state index < -0.39 is 52.8 Å². The van der Waals surface area contributed by atoms with Crippen LogP contribution in [0.5, 0.6) is 0 Å². The maximum Gasteiger partial charge on any atom is 0.333 e. The van der Waals surface area contributed by atoms with Crippen LogP contribution in [-0.2, 0) is 23.9 Å². The van der Waals surface area contributed by atoms with Gasteiger partial charge >= 0.3 is 5.97 Å². The molecule has 2 aliphatic rings. The zero-order valence-electron chi connectivity index (χ0n) is 15.0. The van der Waals surface area contributed by atoms with E-state index >= 15 is 0 Å². The second kappa shape index (κ2) is 7.04. The minimum absolute atomic E-state index is 0.00902. The van der Waals surface area contributed by atoms with E-state index in [9.17, 15) is 34.5 Å². The molecule has 0 aromatic rings. The number of hydrogen-bond donors (Lipinski definition) is 4. The number of rotatable bonds is 6. The highest BCUT2D eigenvalue weighted by molar-refractivity contribution is 6.06. The van der Waals surface area contributed by atoms with E-state index in [4.69, 9.17) is 9.84 Å². The third kappa shape index (κ3) is 3.04. The highest BCUT2D eigenvalue weighted by atomic mass is 16.6. The van der Waals surface area contributed by atoms with Gasteiger partial charge in [-0.25, -0.2) is 4.79 Å². The molecular formula is C17H21NO9. The summed E-state index contributed by atoms with van der Waals surface area (Å²) in [5.74, 6) is -4.13. The van der Waals surface area contributed by atoms with Crippen LogP contribution < -0.4 is 0 Å². The number of carbonyl (C=O) groups excluding carboxylic acids is 3. The zero-order chi connectivity index (χ0) is 20.7. The summed E-state index contributed by atoms with van der Waals surface area (Å²) in [5, 5.41) is 41.1. The van der Waals surface area contributed by atoms with E-state index in [1.165, 1.54) is 0 Å². The van der Waals surface area contributed by atoms with Gasteiger partial charge in [-0.1, -0.05) is 0 Å². The Morgan fingerprint density at radius 3 is 2.04 bits per heavy atom. The maximum absolute atomic E-state index is 12.3. The van der Waals surface area contributed by atoms with Crippen molar-refractivity contribution in [3.8, 4) is 0 Å². The second-order valence-corrected chi connectivity index (χ2v) is 6.72. The van der Waals surface area contributed by atoms with E-state index in [0.717, 1.165) is 27.0 Å². The van der Waals surface area contributed by atoms with Crippen LogP contribution in [0.4, 0.5) is 0 Å². The second-order valence-electron chi connectivity index (χ2n) is 6.72. The molecule has 0 aromatic heterocycles. The van der Waals surface area contributed by atoms with Crippen LogP contribution in [-0.4, -0.2) is 79.0 Å². The van der Waals surface area contributed by atoms with Crippen LogP contribution in [0.2, 0.25) is 0 Å². The van der Waals surface area contributed by atoms with Gasteiger partial charge in [-0.15, -0.1) is 0 Å². The van der Waals surface area contributed by atoms with Crippen molar-refractivity contribution in [2.45, 2.75) is 63.1 Å². The number of carboxylic acid groups (broad SMARTS) is 1. The normalized spacial score (nSPS) is 34.4. The quantitative estimate of drug-likeness (QED) is 0.428. The fraction of sp³-hybridized carbons (Fsp3) is 0.588. The lowest BCUT2D eigenvalue weighted by Crippen LogP contribution is -2.69. The number of hydrogen-bond acceptors (Lipinski definition) is 9. The number of carboxylic acids is 1. The van der Waals surface area contributed by atoms with Crippen molar-refractivity contribution in [3.63, 3.8) is 0 Å². The molecule has 1 fully saturated rings. The summed E-state index contributed by atoms with van der Waals surface area (Å²) in [5.41, 5.74) is -5.71. The van der Waals surface area contributed by atoms with Crippen molar-refractivity contribution in [3.05, 3.63) is 11.8 Å². The van der Waals surface area contributed by atoms with Crippen LogP contribution in [0.3, 0.4) is 0 Å². The number of ether oxygens (including phenoxy) is 1. The predicted molar refractivity (Wildman–Crippen MR) is 89.0 cm³/mol. The van der Waals surface area contributed by atoms with Crippen molar-refractivity contribution in [2.75, 3.05) is 0 Å². The van der Waals surface area contributed by atoms with Crippen molar-refractivity contribution in [1.29, 1.82) is 0 Å². The molecule has 0 aliphatic carbocycles. The maximum atomic E-state index is 12.3. The molecular weight excluding hydrogens is 362 g/mol. The zero-order valence-corrected chi connectivity index (χ0v) is 15.0. The number of carbonyl (C=O) groups is 4. The van der Waals surface area contributed by atoms with Crippen LogP contribution in [0.15, 0.2) is 16.8 Å². The van der Waals surface area contributed by atoms with Crippen LogP contribution in [0.25, 0.3) is 0 Å². The lowest BCUT2D eigenvalue weighted by atomic mass is 9.70. The molecule has 1 saturated heterocycles. The monoisotopic (exact) mass is 383 g/mol. The molecule has 0 bridgehead atoms. The summed E-state index contributed by atoms with van der Waals surface area (Å²) >= 11 is 0. The molecule has 0 amide bonds. The topological polar surface area (TPSA) is 171 Å². The minimum atomic E-state index is -2.89. The van der Waals surface area contributed by atoms with Crippen molar-refractivity contribution < 1.29 is 44.3 Å². The van der Waals surface area contributed by atoms with Gasteiger partial charge in [-0.05, 0) is 33.6 Å². The van der Waals surface area contributed by atoms with E-state index in [2.05, 4.69) is 4.99 Å². The van der Waals surface area contributed by atoms with E-state index in [1.54, 1.807) is 0 Å². The summed E-state index contributed by atoms with van der Waals surface area (Å²) in [6.07, 6.45) is -4.53. The predicted octanol–water partition coefficient (Wildman–Crippen LogP) is -1.45. The van der Waals surface area contributed by atoms with Gasteiger partial charge < -0.3 is 25.2 Å². The molecule has 148 valence electrons. The molecule has 0 aromatic carbocycles. The van der Waals surface area contributed by atoms with Crippen LogP contribution in [0.1, 0.15) is 33.6 Å². The summed E-state index contributed by atoms with van der Waals surface area (Å²) in [6.45, 7) is 2.81. The lowest BCUT2D eigenvalue weighted by Gasteiger charge is -2.38. The molecule has 5 atom stereocenters. The highest BCUT2D eigenvalue weighted by Gasteiger charge is 2.73. The molecule has 2 heterocycles. The Morgan fingerprint density at radius 1 is 1.11 bits per heavy atom. The van der Waals surface area contributed by atoms with Gasteiger partial charge in [0.15, 0.2) is 28.6 Å². The Morgan fingerprint density at radius 2 is 1.67 bits per heavy atom. The van der Waals surface area contributed by atoms with Crippen LogP contribution >= 0.6 is 0 Å². The summed E-state index contributed by atoms with van der Waals surface area (Å²) in [6, 6.07) is 0. The molecule has 10 heteroatoms. The van der Waals surface area contributed by atoms with Crippen molar-refractivity contribution >= 4 is 29.0 Å². The van der Waals surface area contributed by atoms with E-state index in [0.29, 0.717) is 0 Å². The fourth-order valence-electron chi connectivity index (χ4n) is 3.43. The Kier molecular flexibility index (Phi) is 5.48. The molecule has 4 N–H and O–H groups in total. The average Bonchev–Trinajstić information content (AvgIpc) is 2.85. The third-order valence-electron chi connectivity index (χ3n) is 5.05. The van der Waals surface area contributed by atoms with E-state index in [-0.39, 0.29) is 24.1 Å². The van der Waals surface area contributed by atoms with Crippen molar-refractivity contribution in [2.24, 2.45) is 4.99 Å². The van der Waals surface area contributed by atoms with Gasteiger partial charge in [-0.2, -0.15) is 0 Å². The number of aliphatic imine (C=N–C) groups is 1. The molecule has 1 unspecified atom stereocenters. The largest absolute Gasteiger partial charge is 0.478 e. The Labute approximate surface area is 154 Å². The van der Waals surface area contributed by atoms with E-state index in [1.807, 2.05) is 0 Å². The lowest BCUT2D eigenvalue weighted by molar-refractivity contribution is -0.181. The number of aliphatic hydroxyl groups is 3. The Hall–Kier alpha value is -2.27. The first-order valence-electron chi connectivity index (χ1n) is 8.18. The molecule has 2 aliphatic heterocycles. The molecule has 0 saturated carbocycles. The summed E-state index contributed by atoms with van der Waals surface area (Å²) in [4.78, 5) is 51.0. The number of ketones is 3. The molecule has 0 spiro atoms.